The molecular weight excluding hydrogens is 208 g/mol. The van der Waals surface area contributed by atoms with Crippen LogP contribution >= 0.6 is 0 Å². The maximum atomic E-state index is 10.6. The highest BCUT2D eigenvalue weighted by Gasteiger charge is 2.18. The standard InChI is InChI=1S/C11H8N2O3/c14-10-9(8-4-2-1-3-5-8)6-7-12-11(10)13(15)16/h1-7,14H. The van der Waals surface area contributed by atoms with Crippen LogP contribution in [0.3, 0.4) is 0 Å². The normalized spacial score (nSPS) is 10.0. The van der Waals surface area contributed by atoms with Gasteiger partial charge in [0.15, 0.2) is 0 Å². The first kappa shape index (κ1) is 10.1. The fourth-order valence-electron chi connectivity index (χ4n) is 1.43. The zero-order valence-electron chi connectivity index (χ0n) is 8.20. The minimum absolute atomic E-state index is 0.404. The monoisotopic (exact) mass is 216 g/mol. The number of nitrogens with zero attached hydrogens (tertiary/aromatic N) is 2. The van der Waals surface area contributed by atoms with Gasteiger partial charge in [0, 0.05) is 5.56 Å². The van der Waals surface area contributed by atoms with Crippen molar-refractivity contribution >= 4 is 5.82 Å². The molecule has 0 spiro atoms. The van der Waals surface area contributed by atoms with E-state index in [9.17, 15) is 15.2 Å². The molecule has 0 aliphatic rings. The highest BCUT2D eigenvalue weighted by atomic mass is 16.6. The fraction of sp³-hybridized carbons (Fsp3) is 0. The van der Waals surface area contributed by atoms with Gasteiger partial charge in [0.05, 0.1) is 0 Å². The summed E-state index contributed by atoms with van der Waals surface area (Å²) >= 11 is 0. The third-order valence-corrected chi connectivity index (χ3v) is 2.16. The van der Waals surface area contributed by atoms with Gasteiger partial charge in [-0.1, -0.05) is 30.3 Å². The van der Waals surface area contributed by atoms with Crippen molar-refractivity contribution in [1.29, 1.82) is 0 Å². The minimum Gasteiger partial charge on any atom is -0.501 e. The topological polar surface area (TPSA) is 76.3 Å². The van der Waals surface area contributed by atoms with Crippen LogP contribution in [0.15, 0.2) is 42.6 Å². The average molecular weight is 216 g/mol. The lowest BCUT2D eigenvalue weighted by Gasteiger charge is -2.03. The second-order valence-corrected chi connectivity index (χ2v) is 3.15. The summed E-state index contributed by atoms with van der Waals surface area (Å²) in [5.41, 5.74) is 1.12. The van der Waals surface area contributed by atoms with E-state index < -0.39 is 16.5 Å². The maximum Gasteiger partial charge on any atom is 0.406 e. The number of aromatic hydroxyl groups is 1. The average Bonchev–Trinajstić information content (AvgIpc) is 2.30. The summed E-state index contributed by atoms with van der Waals surface area (Å²) in [6.07, 6.45) is 1.31. The molecule has 0 radical (unpaired) electrons. The summed E-state index contributed by atoms with van der Waals surface area (Å²) in [6, 6.07) is 10.5. The number of rotatable bonds is 2. The van der Waals surface area contributed by atoms with Crippen molar-refractivity contribution in [3.63, 3.8) is 0 Å². The third kappa shape index (κ3) is 1.70. The van der Waals surface area contributed by atoms with Gasteiger partial charge in [-0.15, -0.1) is 0 Å². The lowest BCUT2D eigenvalue weighted by Crippen LogP contribution is -1.93. The van der Waals surface area contributed by atoms with Crippen LogP contribution in [0.2, 0.25) is 0 Å². The van der Waals surface area contributed by atoms with E-state index in [1.165, 1.54) is 12.3 Å². The number of benzene rings is 1. The second kappa shape index (κ2) is 3.98. The molecule has 5 heteroatoms. The smallest absolute Gasteiger partial charge is 0.406 e. The first-order valence-electron chi connectivity index (χ1n) is 4.58. The van der Waals surface area contributed by atoms with Crippen LogP contribution in [0.5, 0.6) is 5.75 Å². The second-order valence-electron chi connectivity index (χ2n) is 3.15. The lowest BCUT2D eigenvalue weighted by molar-refractivity contribution is -0.390. The molecular formula is C11H8N2O3. The minimum atomic E-state index is -0.707. The molecule has 0 aliphatic carbocycles. The molecule has 0 bridgehead atoms. The summed E-state index contributed by atoms with van der Waals surface area (Å²) in [7, 11) is 0. The van der Waals surface area contributed by atoms with Crippen molar-refractivity contribution in [1.82, 2.24) is 4.98 Å². The molecule has 0 saturated heterocycles. The van der Waals surface area contributed by atoms with E-state index in [-0.39, 0.29) is 0 Å². The van der Waals surface area contributed by atoms with Crippen molar-refractivity contribution in [2.24, 2.45) is 0 Å². The Morgan fingerprint density at radius 1 is 1.19 bits per heavy atom. The molecule has 2 rings (SSSR count). The summed E-state index contributed by atoms with van der Waals surface area (Å²) in [5, 5.41) is 20.3. The van der Waals surface area contributed by atoms with E-state index in [1.54, 1.807) is 24.3 Å². The van der Waals surface area contributed by atoms with E-state index in [2.05, 4.69) is 4.98 Å². The van der Waals surface area contributed by atoms with Crippen LogP contribution in [-0.2, 0) is 0 Å². The van der Waals surface area contributed by atoms with Gasteiger partial charge in [0.1, 0.15) is 6.20 Å². The highest BCUT2D eigenvalue weighted by molar-refractivity contribution is 5.73. The Kier molecular flexibility index (Phi) is 2.51. The third-order valence-electron chi connectivity index (χ3n) is 2.16. The molecule has 0 aliphatic heterocycles. The Bertz CT molecular complexity index is 526. The summed E-state index contributed by atoms with van der Waals surface area (Å²) in [4.78, 5) is 13.4. The predicted molar refractivity (Wildman–Crippen MR) is 58.0 cm³/mol. The molecule has 1 heterocycles. The SMILES string of the molecule is O=[N+]([O-])c1nccc(-c2ccccc2)c1O. The van der Waals surface area contributed by atoms with Crippen LogP contribution < -0.4 is 0 Å². The van der Waals surface area contributed by atoms with Gasteiger partial charge in [0.2, 0.25) is 5.75 Å². The first-order valence-corrected chi connectivity index (χ1v) is 4.58. The van der Waals surface area contributed by atoms with E-state index in [0.717, 1.165) is 0 Å². The molecule has 0 amide bonds. The molecule has 80 valence electrons. The molecule has 16 heavy (non-hydrogen) atoms. The Hall–Kier alpha value is -2.43. The Morgan fingerprint density at radius 3 is 2.50 bits per heavy atom. The molecule has 0 unspecified atom stereocenters. The first-order chi connectivity index (χ1) is 7.70. The zero-order chi connectivity index (χ0) is 11.5. The Balaban J connectivity index is 2.59. The van der Waals surface area contributed by atoms with E-state index in [4.69, 9.17) is 0 Å². The highest BCUT2D eigenvalue weighted by Crippen LogP contribution is 2.34. The van der Waals surface area contributed by atoms with Crippen LogP contribution in [-0.4, -0.2) is 15.0 Å². The predicted octanol–water partition coefficient (Wildman–Crippen LogP) is 2.36. The van der Waals surface area contributed by atoms with Gasteiger partial charge in [-0.25, -0.2) is 0 Å². The van der Waals surface area contributed by atoms with Gasteiger partial charge >= 0.3 is 5.82 Å². The molecule has 0 atom stereocenters. The van der Waals surface area contributed by atoms with Gasteiger partial charge in [-0.05, 0) is 21.5 Å². The van der Waals surface area contributed by atoms with Crippen LogP contribution in [0.25, 0.3) is 11.1 Å². The summed E-state index contributed by atoms with van der Waals surface area (Å²) < 4.78 is 0. The van der Waals surface area contributed by atoms with E-state index in [0.29, 0.717) is 11.1 Å². The molecule has 0 fully saturated rings. The number of pyridine rings is 1. The lowest BCUT2D eigenvalue weighted by atomic mass is 10.1. The van der Waals surface area contributed by atoms with Crippen LogP contribution in [0, 0.1) is 10.1 Å². The van der Waals surface area contributed by atoms with Crippen molar-refractivity contribution in [2.45, 2.75) is 0 Å². The van der Waals surface area contributed by atoms with Crippen LogP contribution in [0.4, 0.5) is 5.82 Å². The zero-order valence-corrected chi connectivity index (χ0v) is 8.20. The largest absolute Gasteiger partial charge is 0.501 e. The molecule has 1 N–H and O–H groups in total. The van der Waals surface area contributed by atoms with Crippen molar-refractivity contribution in [2.75, 3.05) is 0 Å². The molecule has 1 aromatic carbocycles. The van der Waals surface area contributed by atoms with Gasteiger partial charge in [-0.2, -0.15) is 0 Å². The Morgan fingerprint density at radius 2 is 1.88 bits per heavy atom. The van der Waals surface area contributed by atoms with Gasteiger partial charge in [-0.3, -0.25) is 0 Å². The fourth-order valence-corrected chi connectivity index (χ4v) is 1.43. The van der Waals surface area contributed by atoms with Crippen molar-refractivity contribution < 1.29 is 10.0 Å². The summed E-state index contributed by atoms with van der Waals surface area (Å²) in [6.45, 7) is 0. The number of hydrogen-bond acceptors (Lipinski definition) is 4. The number of hydrogen-bond donors (Lipinski definition) is 1. The number of aromatic nitrogens is 1. The van der Waals surface area contributed by atoms with Crippen LogP contribution in [0.1, 0.15) is 0 Å². The Labute approximate surface area is 91.2 Å². The number of nitro groups is 1. The maximum absolute atomic E-state index is 10.6. The van der Waals surface area contributed by atoms with Crippen molar-refractivity contribution in [3.8, 4) is 16.9 Å². The van der Waals surface area contributed by atoms with Crippen molar-refractivity contribution in [3.05, 3.63) is 52.7 Å². The van der Waals surface area contributed by atoms with E-state index >= 15 is 0 Å². The molecule has 1 aromatic heterocycles. The van der Waals surface area contributed by atoms with Gasteiger partial charge in [0.25, 0.3) is 0 Å². The quantitative estimate of drug-likeness (QED) is 0.617. The summed E-state index contributed by atoms with van der Waals surface area (Å²) in [5.74, 6) is -0.931. The molecule has 0 saturated carbocycles. The van der Waals surface area contributed by atoms with E-state index in [1.807, 2.05) is 6.07 Å². The van der Waals surface area contributed by atoms with Gasteiger partial charge < -0.3 is 15.2 Å². The molecule has 2 aromatic rings. The molecule has 5 nitrogen and oxygen atoms in total.